The van der Waals surface area contributed by atoms with Gasteiger partial charge in [0.05, 0.1) is 18.1 Å². The molecule has 4 nitrogen and oxygen atoms in total. The fraction of sp³-hybridized carbons (Fsp3) is 0.214. The van der Waals surface area contributed by atoms with E-state index < -0.39 is 0 Å². The molecular weight excluding hydrogens is 258 g/mol. The van der Waals surface area contributed by atoms with Gasteiger partial charge in [-0.25, -0.2) is 4.98 Å². The highest BCUT2D eigenvalue weighted by Crippen LogP contribution is 2.28. The zero-order valence-electron chi connectivity index (χ0n) is 10.9. The highest BCUT2D eigenvalue weighted by molar-refractivity contribution is 7.10. The second kappa shape index (κ2) is 5.75. The van der Waals surface area contributed by atoms with Gasteiger partial charge in [-0.1, -0.05) is 20.4 Å². The van der Waals surface area contributed by atoms with E-state index in [1.54, 1.807) is 23.7 Å². The molecule has 0 aliphatic carbocycles. The van der Waals surface area contributed by atoms with Gasteiger partial charge < -0.3 is 5.32 Å². The van der Waals surface area contributed by atoms with Gasteiger partial charge in [0.15, 0.2) is 5.82 Å². The molecule has 0 aromatic carbocycles. The summed E-state index contributed by atoms with van der Waals surface area (Å²) in [5, 5.41) is 4.64. The molecule has 2 heterocycles. The summed E-state index contributed by atoms with van der Waals surface area (Å²) in [5.41, 5.74) is 1.86. The second-order valence-electron chi connectivity index (χ2n) is 4.37. The predicted molar refractivity (Wildman–Crippen MR) is 78.3 cm³/mol. The third-order valence-electron chi connectivity index (χ3n) is 2.57. The number of aromatic nitrogens is 2. The van der Waals surface area contributed by atoms with Crippen LogP contribution in [-0.4, -0.2) is 15.9 Å². The van der Waals surface area contributed by atoms with Crippen molar-refractivity contribution in [3.05, 3.63) is 41.4 Å². The van der Waals surface area contributed by atoms with Crippen molar-refractivity contribution in [2.24, 2.45) is 0 Å². The van der Waals surface area contributed by atoms with Crippen LogP contribution in [0.3, 0.4) is 0 Å². The largest absolute Gasteiger partial charge is 0.306 e. The average Bonchev–Trinajstić information content (AvgIpc) is 2.89. The average molecular weight is 273 g/mol. The molecule has 98 valence electrons. The molecule has 0 atom stereocenters. The van der Waals surface area contributed by atoms with Crippen LogP contribution >= 0.6 is 11.3 Å². The number of nitrogens with zero attached hydrogens (tertiary/aromatic N) is 2. The Labute approximate surface area is 116 Å². The molecule has 0 saturated carbocycles. The minimum absolute atomic E-state index is 0.292. The third kappa shape index (κ3) is 3.26. The zero-order chi connectivity index (χ0) is 13.8. The first-order valence-electron chi connectivity index (χ1n) is 5.94. The van der Waals surface area contributed by atoms with E-state index in [9.17, 15) is 4.79 Å². The normalized spacial score (nSPS) is 10.5. The van der Waals surface area contributed by atoms with Crippen LogP contribution in [0.4, 0.5) is 5.82 Å². The van der Waals surface area contributed by atoms with Gasteiger partial charge in [0.1, 0.15) is 0 Å². The van der Waals surface area contributed by atoms with Gasteiger partial charge in [0, 0.05) is 15.8 Å². The van der Waals surface area contributed by atoms with Crippen molar-refractivity contribution in [2.45, 2.75) is 19.8 Å². The lowest BCUT2D eigenvalue weighted by atomic mass is 10.1. The van der Waals surface area contributed by atoms with E-state index in [0.29, 0.717) is 11.7 Å². The van der Waals surface area contributed by atoms with Gasteiger partial charge in [-0.3, -0.25) is 9.78 Å². The summed E-state index contributed by atoms with van der Waals surface area (Å²) in [6, 6.07) is 2.13. The molecule has 0 unspecified atom stereocenters. The maximum Gasteiger partial charge on any atom is 0.248 e. The highest BCUT2D eigenvalue weighted by Gasteiger charge is 2.07. The van der Waals surface area contributed by atoms with E-state index in [1.165, 1.54) is 11.0 Å². The monoisotopic (exact) mass is 273 g/mol. The van der Waals surface area contributed by atoms with Crippen LogP contribution in [0.2, 0.25) is 0 Å². The number of rotatable bonds is 4. The maximum atomic E-state index is 11.1. The van der Waals surface area contributed by atoms with E-state index >= 15 is 0 Å². The quantitative estimate of drug-likeness (QED) is 0.868. The summed E-state index contributed by atoms with van der Waals surface area (Å²) in [4.78, 5) is 20.9. The summed E-state index contributed by atoms with van der Waals surface area (Å²) < 4.78 is 0. The zero-order valence-corrected chi connectivity index (χ0v) is 11.7. The molecule has 1 N–H and O–H groups in total. The SMILES string of the molecule is C=CC(=O)Nc1cnc(-c2csc(C(C)C)c2)cn1. The first-order chi connectivity index (χ1) is 9.10. The van der Waals surface area contributed by atoms with E-state index in [4.69, 9.17) is 0 Å². The molecule has 2 aromatic rings. The van der Waals surface area contributed by atoms with Crippen molar-refractivity contribution in [1.29, 1.82) is 0 Å². The summed E-state index contributed by atoms with van der Waals surface area (Å²) in [6.45, 7) is 7.71. The highest BCUT2D eigenvalue weighted by atomic mass is 32.1. The summed E-state index contributed by atoms with van der Waals surface area (Å²) in [7, 11) is 0. The van der Waals surface area contributed by atoms with Crippen LogP contribution in [0.15, 0.2) is 36.5 Å². The van der Waals surface area contributed by atoms with Crippen LogP contribution in [0.1, 0.15) is 24.6 Å². The van der Waals surface area contributed by atoms with Crippen LogP contribution in [0.5, 0.6) is 0 Å². The van der Waals surface area contributed by atoms with Crippen molar-refractivity contribution in [1.82, 2.24) is 9.97 Å². The van der Waals surface area contributed by atoms with Gasteiger partial charge in [0.2, 0.25) is 5.91 Å². The molecule has 0 saturated heterocycles. The van der Waals surface area contributed by atoms with E-state index in [0.717, 1.165) is 11.3 Å². The van der Waals surface area contributed by atoms with Gasteiger partial charge in [-0.2, -0.15) is 0 Å². The summed E-state index contributed by atoms with van der Waals surface area (Å²) in [5.74, 6) is 0.644. The lowest BCUT2D eigenvalue weighted by Gasteiger charge is -2.02. The first-order valence-corrected chi connectivity index (χ1v) is 6.82. The van der Waals surface area contributed by atoms with Crippen LogP contribution in [0.25, 0.3) is 11.3 Å². The number of hydrogen-bond donors (Lipinski definition) is 1. The van der Waals surface area contributed by atoms with Gasteiger partial charge in [-0.15, -0.1) is 11.3 Å². The van der Waals surface area contributed by atoms with Crippen molar-refractivity contribution < 1.29 is 4.79 Å². The molecule has 0 spiro atoms. The molecular formula is C14H15N3OS. The van der Waals surface area contributed by atoms with Crippen LogP contribution in [-0.2, 0) is 4.79 Å². The molecule has 0 bridgehead atoms. The molecule has 0 aliphatic rings. The lowest BCUT2D eigenvalue weighted by molar-refractivity contribution is -0.111. The van der Waals surface area contributed by atoms with Crippen LogP contribution in [0, 0.1) is 0 Å². The van der Waals surface area contributed by atoms with E-state index in [-0.39, 0.29) is 5.91 Å². The smallest absolute Gasteiger partial charge is 0.248 e. The molecule has 19 heavy (non-hydrogen) atoms. The topological polar surface area (TPSA) is 54.9 Å². The molecule has 0 radical (unpaired) electrons. The standard InChI is InChI=1S/C14H15N3OS/c1-4-14(18)17-13-7-15-11(6-16-13)10-5-12(9(2)3)19-8-10/h4-9H,1H2,2-3H3,(H,16,17,18). The molecule has 0 fully saturated rings. The molecule has 2 aromatic heterocycles. The Morgan fingerprint density at radius 2 is 2.21 bits per heavy atom. The van der Waals surface area contributed by atoms with Crippen molar-refractivity contribution in [3.8, 4) is 11.3 Å². The Kier molecular flexibility index (Phi) is 4.06. The number of carbonyl (C=O) groups is 1. The van der Waals surface area contributed by atoms with Gasteiger partial charge in [-0.05, 0) is 18.1 Å². The van der Waals surface area contributed by atoms with Gasteiger partial charge >= 0.3 is 0 Å². The van der Waals surface area contributed by atoms with Crippen molar-refractivity contribution in [2.75, 3.05) is 5.32 Å². The Hall–Kier alpha value is -2.01. The number of anilines is 1. The number of thiophene rings is 1. The number of hydrogen-bond acceptors (Lipinski definition) is 4. The Balaban J connectivity index is 2.17. The Morgan fingerprint density at radius 1 is 1.42 bits per heavy atom. The van der Waals surface area contributed by atoms with Crippen LogP contribution < -0.4 is 5.32 Å². The summed E-state index contributed by atoms with van der Waals surface area (Å²) >= 11 is 1.72. The van der Waals surface area contributed by atoms with Crippen molar-refractivity contribution >= 4 is 23.1 Å². The van der Waals surface area contributed by atoms with E-state index in [1.807, 2.05) is 0 Å². The predicted octanol–water partition coefficient (Wildman–Crippen LogP) is 3.45. The lowest BCUT2D eigenvalue weighted by Crippen LogP contribution is -2.08. The molecule has 5 heteroatoms. The minimum atomic E-state index is -0.292. The minimum Gasteiger partial charge on any atom is -0.306 e. The van der Waals surface area contributed by atoms with Crippen molar-refractivity contribution in [3.63, 3.8) is 0 Å². The summed E-state index contributed by atoms with van der Waals surface area (Å²) in [6.07, 6.45) is 4.40. The Bertz CT molecular complexity index is 587. The fourth-order valence-electron chi connectivity index (χ4n) is 1.51. The Morgan fingerprint density at radius 3 is 2.74 bits per heavy atom. The molecule has 0 aliphatic heterocycles. The maximum absolute atomic E-state index is 11.1. The number of nitrogens with one attached hydrogen (secondary N) is 1. The second-order valence-corrected chi connectivity index (χ2v) is 5.32. The fourth-order valence-corrected chi connectivity index (χ4v) is 2.43. The van der Waals surface area contributed by atoms with E-state index in [2.05, 4.69) is 47.2 Å². The third-order valence-corrected chi connectivity index (χ3v) is 3.81. The number of amides is 1. The van der Waals surface area contributed by atoms with Gasteiger partial charge in [0.25, 0.3) is 0 Å². The molecule has 1 amide bonds. The number of carbonyl (C=O) groups excluding carboxylic acids is 1. The first kappa shape index (κ1) is 13.4. The molecule has 2 rings (SSSR count).